The highest BCUT2D eigenvalue weighted by atomic mass is 35.5. The summed E-state index contributed by atoms with van der Waals surface area (Å²) in [5.41, 5.74) is 2.24. The smallest absolute Gasteiger partial charge is 0.148 e. The fraction of sp³-hybridized carbons (Fsp3) is 0.0667. The quantitative estimate of drug-likeness (QED) is 0.725. The van der Waals surface area contributed by atoms with Crippen LogP contribution < -0.4 is 5.32 Å². The molecule has 1 N–H and O–H groups in total. The predicted octanol–water partition coefficient (Wildman–Crippen LogP) is 5.05. The Bertz CT molecular complexity index is 714. The molecule has 1 atom stereocenters. The zero-order valence-corrected chi connectivity index (χ0v) is 13.2. The van der Waals surface area contributed by atoms with Crippen molar-refractivity contribution in [1.82, 2.24) is 9.97 Å². The average Bonchev–Trinajstić information content (AvgIpc) is 3.02. The minimum Gasteiger partial charge on any atom is -0.358 e. The summed E-state index contributed by atoms with van der Waals surface area (Å²) in [6, 6.07) is 9.77. The van der Waals surface area contributed by atoms with Gasteiger partial charge in [-0.05, 0) is 40.1 Å². The van der Waals surface area contributed by atoms with E-state index in [1.54, 1.807) is 17.5 Å². The van der Waals surface area contributed by atoms with Crippen molar-refractivity contribution in [2.24, 2.45) is 0 Å². The SMILES string of the molecule is Clc1ccc(C(Nc2ncncc2Cl)c2ccsc2)cc1. The summed E-state index contributed by atoms with van der Waals surface area (Å²) in [4.78, 5) is 8.10. The molecule has 2 heterocycles. The molecule has 106 valence electrons. The normalized spacial score (nSPS) is 12.1. The Kier molecular flexibility index (Phi) is 4.39. The van der Waals surface area contributed by atoms with Gasteiger partial charge in [-0.3, -0.25) is 0 Å². The van der Waals surface area contributed by atoms with E-state index < -0.39 is 0 Å². The zero-order valence-electron chi connectivity index (χ0n) is 10.8. The third-order valence-corrected chi connectivity index (χ3v) is 4.26. The molecule has 1 aromatic carbocycles. The van der Waals surface area contributed by atoms with Gasteiger partial charge >= 0.3 is 0 Å². The fourth-order valence-electron chi connectivity index (χ4n) is 2.01. The van der Waals surface area contributed by atoms with Crippen molar-refractivity contribution in [3.63, 3.8) is 0 Å². The van der Waals surface area contributed by atoms with Crippen molar-refractivity contribution in [2.45, 2.75) is 6.04 Å². The summed E-state index contributed by atoms with van der Waals surface area (Å²) >= 11 is 13.8. The highest BCUT2D eigenvalue weighted by Crippen LogP contribution is 2.30. The standard InChI is InChI=1S/C15H11Cl2N3S/c16-12-3-1-10(2-4-12)14(11-5-6-21-8-11)20-15-13(17)7-18-9-19-15/h1-9,14H,(H,18,19,20). The summed E-state index contributed by atoms with van der Waals surface area (Å²) in [5, 5.41) is 8.71. The largest absolute Gasteiger partial charge is 0.358 e. The monoisotopic (exact) mass is 335 g/mol. The Morgan fingerprint density at radius 3 is 2.52 bits per heavy atom. The summed E-state index contributed by atoms with van der Waals surface area (Å²) < 4.78 is 0. The molecule has 0 saturated carbocycles. The molecule has 2 aromatic heterocycles. The van der Waals surface area contributed by atoms with Crippen LogP contribution in [0.25, 0.3) is 0 Å². The van der Waals surface area contributed by atoms with Crippen LogP contribution in [0.4, 0.5) is 5.82 Å². The molecule has 0 bridgehead atoms. The first-order chi connectivity index (χ1) is 10.2. The molecular formula is C15H11Cl2N3S. The van der Waals surface area contributed by atoms with Crippen molar-refractivity contribution in [2.75, 3.05) is 5.32 Å². The summed E-state index contributed by atoms with van der Waals surface area (Å²) in [7, 11) is 0. The predicted molar refractivity (Wildman–Crippen MR) is 88.3 cm³/mol. The third-order valence-electron chi connectivity index (χ3n) is 3.03. The lowest BCUT2D eigenvalue weighted by Gasteiger charge is -2.19. The molecule has 0 aliphatic heterocycles. The summed E-state index contributed by atoms with van der Waals surface area (Å²) in [6.07, 6.45) is 3.05. The number of anilines is 1. The zero-order chi connectivity index (χ0) is 14.7. The minimum atomic E-state index is -0.0408. The van der Waals surface area contributed by atoms with E-state index in [9.17, 15) is 0 Å². The van der Waals surface area contributed by atoms with Crippen LogP contribution in [0.2, 0.25) is 10.0 Å². The Hall–Kier alpha value is -1.62. The topological polar surface area (TPSA) is 37.8 Å². The van der Waals surface area contributed by atoms with Gasteiger partial charge in [-0.25, -0.2) is 9.97 Å². The van der Waals surface area contributed by atoms with Gasteiger partial charge in [0.25, 0.3) is 0 Å². The Balaban J connectivity index is 1.97. The van der Waals surface area contributed by atoms with Crippen molar-refractivity contribution in [1.29, 1.82) is 0 Å². The maximum Gasteiger partial charge on any atom is 0.148 e. The fourth-order valence-corrected chi connectivity index (χ4v) is 2.98. The number of rotatable bonds is 4. The van der Waals surface area contributed by atoms with Gasteiger partial charge < -0.3 is 5.32 Å². The van der Waals surface area contributed by atoms with E-state index in [1.165, 1.54) is 6.33 Å². The lowest BCUT2D eigenvalue weighted by Crippen LogP contribution is -2.13. The Morgan fingerprint density at radius 2 is 1.86 bits per heavy atom. The number of nitrogens with zero attached hydrogens (tertiary/aromatic N) is 2. The van der Waals surface area contributed by atoms with Gasteiger partial charge in [0.1, 0.15) is 17.2 Å². The molecule has 0 saturated heterocycles. The van der Waals surface area contributed by atoms with Crippen LogP contribution in [0.1, 0.15) is 17.2 Å². The first-order valence-electron chi connectivity index (χ1n) is 6.23. The lowest BCUT2D eigenvalue weighted by molar-refractivity contribution is 0.928. The van der Waals surface area contributed by atoms with Crippen LogP contribution in [0.3, 0.4) is 0 Å². The maximum absolute atomic E-state index is 6.14. The third kappa shape index (κ3) is 3.35. The second-order valence-corrected chi connectivity index (χ2v) is 6.03. The molecule has 1 unspecified atom stereocenters. The highest BCUT2D eigenvalue weighted by molar-refractivity contribution is 7.08. The van der Waals surface area contributed by atoms with E-state index >= 15 is 0 Å². The number of thiophene rings is 1. The first kappa shape index (κ1) is 14.3. The second kappa shape index (κ2) is 6.43. The molecule has 0 fully saturated rings. The van der Waals surface area contributed by atoms with Crippen molar-refractivity contribution in [3.05, 3.63) is 74.8 Å². The van der Waals surface area contributed by atoms with Crippen LogP contribution >= 0.6 is 34.5 Å². The molecule has 6 heteroatoms. The number of nitrogens with one attached hydrogen (secondary N) is 1. The van der Waals surface area contributed by atoms with Crippen LogP contribution in [-0.2, 0) is 0 Å². The van der Waals surface area contributed by atoms with Gasteiger partial charge in [-0.1, -0.05) is 35.3 Å². The number of hydrogen-bond acceptors (Lipinski definition) is 4. The molecule has 0 radical (unpaired) electrons. The maximum atomic E-state index is 6.14. The molecule has 0 aliphatic rings. The number of benzene rings is 1. The number of halogens is 2. The lowest BCUT2D eigenvalue weighted by atomic mass is 10.0. The van der Waals surface area contributed by atoms with Gasteiger partial charge in [0.2, 0.25) is 0 Å². The number of hydrogen-bond donors (Lipinski definition) is 1. The van der Waals surface area contributed by atoms with Gasteiger partial charge in [-0.2, -0.15) is 11.3 Å². The van der Waals surface area contributed by atoms with E-state index in [4.69, 9.17) is 23.2 Å². The molecule has 3 aromatic rings. The molecule has 3 rings (SSSR count). The number of aromatic nitrogens is 2. The molecular weight excluding hydrogens is 325 g/mol. The van der Waals surface area contributed by atoms with Crippen molar-refractivity contribution < 1.29 is 0 Å². The summed E-state index contributed by atoms with van der Waals surface area (Å²) in [5.74, 6) is 0.609. The molecule has 3 nitrogen and oxygen atoms in total. The minimum absolute atomic E-state index is 0.0408. The van der Waals surface area contributed by atoms with E-state index in [0.29, 0.717) is 15.9 Å². The molecule has 0 amide bonds. The van der Waals surface area contributed by atoms with Gasteiger partial charge in [0, 0.05) is 5.02 Å². The summed E-state index contributed by atoms with van der Waals surface area (Å²) in [6.45, 7) is 0. The van der Waals surface area contributed by atoms with E-state index in [2.05, 4.69) is 26.7 Å². The van der Waals surface area contributed by atoms with E-state index in [-0.39, 0.29) is 6.04 Å². The van der Waals surface area contributed by atoms with Gasteiger partial charge in [0.05, 0.1) is 12.2 Å². The van der Waals surface area contributed by atoms with Gasteiger partial charge in [0.15, 0.2) is 0 Å². The Labute approximate surface area is 136 Å². The first-order valence-corrected chi connectivity index (χ1v) is 7.93. The second-order valence-electron chi connectivity index (χ2n) is 4.40. The van der Waals surface area contributed by atoms with Crippen LogP contribution in [-0.4, -0.2) is 9.97 Å². The van der Waals surface area contributed by atoms with Crippen LogP contribution in [0.5, 0.6) is 0 Å². The van der Waals surface area contributed by atoms with E-state index in [1.807, 2.05) is 29.6 Å². The van der Waals surface area contributed by atoms with Crippen molar-refractivity contribution in [3.8, 4) is 0 Å². The average molecular weight is 336 g/mol. The molecule has 21 heavy (non-hydrogen) atoms. The Morgan fingerprint density at radius 1 is 1.05 bits per heavy atom. The molecule has 0 spiro atoms. The van der Waals surface area contributed by atoms with Gasteiger partial charge in [-0.15, -0.1) is 0 Å². The van der Waals surface area contributed by atoms with Crippen molar-refractivity contribution >= 4 is 40.4 Å². The molecule has 0 aliphatic carbocycles. The van der Waals surface area contributed by atoms with E-state index in [0.717, 1.165) is 11.1 Å². The van der Waals surface area contributed by atoms with Crippen LogP contribution in [0, 0.1) is 0 Å². The van der Waals surface area contributed by atoms with Crippen LogP contribution in [0.15, 0.2) is 53.6 Å². The highest BCUT2D eigenvalue weighted by Gasteiger charge is 2.16.